The minimum Gasteiger partial charge on any atom is -0.305 e. The zero-order chi connectivity index (χ0) is 16.2. The number of rotatable bonds is 4. The van der Waals surface area contributed by atoms with Crippen molar-refractivity contribution in [3.8, 4) is 11.3 Å². The number of carbonyl (C=O) groups excluding carboxylic acids is 1. The van der Waals surface area contributed by atoms with Crippen molar-refractivity contribution in [2.75, 3.05) is 5.32 Å². The first kappa shape index (κ1) is 15.1. The Morgan fingerprint density at radius 1 is 1.30 bits per heavy atom. The number of hydrogen-bond acceptors (Lipinski definition) is 5. The number of amides is 1. The third-order valence-corrected chi connectivity index (χ3v) is 4.14. The molecule has 6 nitrogen and oxygen atoms in total. The van der Waals surface area contributed by atoms with Gasteiger partial charge in [0.25, 0.3) is 0 Å². The van der Waals surface area contributed by atoms with E-state index in [-0.39, 0.29) is 5.91 Å². The van der Waals surface area contributed by atoms with Gasteiger partial charge < -0.3 is 5.32 Å². The molecule has 0 saturated carbocycles. The summed E-state index contributed by atoms with van der Waals surface area (Å²) >= 11 is 1.53. The van der Waals surface area contributed by atoms with E-state index in [1.807, 2.05) is 26.0 Å². The molecule has 0 bridgehead atoms. The van der Waals surface area contributed by atoms with Gasteiger partial charge in [-0.05, 0) is 32.1 Å². The van der Waals surface area contributed by atoms with E-state index in [0.29, 0.717) is 5.82 Å². The van der Waals surface area contributed by atoms with Crippen LogP contribution in [0.15, 0.2) is 36.8 Å². The first-order valence-electron chi connectivity index (χ1n) is 7.00. The van der Waals surface area contributed by atoms with Crippen molar-refractivity contribution in [1.29, 1.82) is 0 Å². The molecule has 0 aliphatic heterocycles. The number of anilines is 1. The van der Waals surface area contributed by atoms with E-state index in [4.69, 9.17) is 0 Å². The number of thiazole rings is 1. The molecule has 0 aliphatic rings. The van der Waals surface area contributed by atoms with E-state index >= 15 is 0 Å². The lowest BCUT2D eigenvalue weighted by molar-refractivity contribution is -0.111. The van der Waals surface area contributed by atoms with E-state index in [1.165, 1.54) is 17.4 Å². The molecule has 0 unspecified atom stereocenters. The highest BCUT2D eigenvalue weighted by Gasteiger charge is 2.12. The van der Waals surface area contributed by atoms with Crippen LogP contribution in [-0.4, -0.2) is 26.1 Å². The second-order valence-corrected chi connectivity index (χ2v) is 6.18. The molecule has 0 atom stereocenters. The summed E-state index contributed by atoms with van der Waals surface area (Å²) in [4.78, 5) is 21.1. The molecular weight excluding hydrogens is 310 g/mol. The van der Waals surface area contributed by atoms with E-state index in [1.54, 1.807) is 24.7 Å². The second kappa shape index (κ2) is 6.53. The first-order chi connectivity index (χ1) is 11.1. The summed E-state index contributed by atoms with van der Waals surface area (Å²) < 4.78 is 0. The SMILES string of the molecule is Cc1ncc(C=CC(=O)Nc2n[nH]c(-c3ccncc3)c2C)s1. The van der Waals surface area contributed by atoms with Crippen LogP contribution in [0.4, 0.5) is 5.82 Å². The number of aromatic nitrogens is 4. The molecule has 0 fully saturated rings. The van der Waals surface area contributed by atoms with Crippen LogP contribution in [-0.2, 0) is 4.79 Å². The van der Waals surface area contributed by atoms with Crippen molar-refractivity contribution in [1.82, 2.24) is 20.2 Å². The van der Waals surface area contributed by atoms with Crippen LogP contribution in [0.25, 0.3) is 17.3 Å². The van der Waals surface area contributed by atoms with Crippen molar-refractivity contribution in [3.05, 3.63) is 52.2 Å². The fourth-order valence-corrected chi connectivity index (χ4v) is 2.78. The Bertz CT molecular complexity index is 850. The lowest BCUT2D eigenvalue weighted by Gasteiger charge is -2.00. The third kappa shape index (κ3) is 3.51. The van der Waals surface area contributed by atoms with E-state index in [9.17, 15) is 4.79 Å². The highest BCUT2D eigenvalue weighted by Crippen LogP contribution is 2.25. The van der Waals surface area contributed by atoms with Crippen LogP contribution in [0.1, 0.15) is 15.4 Å². The number of aromatic amines is 1. The molecule has 0 saturated heterocycles. The van der Waals surface area contributed by atoms with Gasteiger partial charge in [-0.2, -0.15) is 5.10 Å². The van der Waals surface area contributed by atoms with Gasteiger partial charge in [-0.25, -0.2) is 4.98 Å². The number of hydrogen-bond donors (Lipinski definition) is 2. The van der Waals surface area contributed by atoms with Crippen LogP contribution in [0.3, 0.4) is 0 Å². The fourth-order valence-electron chi connectivity index (χ4n) is 2.09. The van der Waals surface area contributed by atoms with E-state index in [0.717, 1.165) is 26.7 Å². The maximum atomic E-state index is 12.0. The number of aryl methyl sites for hydroxylation is 1. The smallest absolute Gasteiger partial charge is 0.249 e. The van der Waals surface area contributed by atoms with Gasteiger partial charge in [0.1, 0.15) is 0 Å². The average molecular weight is 325 g/mol. The number of nitrogens with one attached hydrogen (secondary N) is 2. The summed E-state index contributed by atoms with van der Waals surface area (Å²) in [6.45, 7) is 3.83. The quantitative estimate of drug-likeness (QED) is 0.722. The van der Waals surface area contributed by atoms with Crippen LogP contribution in [0.2, 0.25) is 0 Å². The van der Waals surface area contributed by atoms with Gasteiger partial charge in [-0.15, -0.1) is 11.3 Å². The Hall–Kier alpha value is -2.80. The van der Waals surface area contributed by atoms with Crippen molar-refractivity contribution in [3.63, 3.8) is 0 Å². The molecule has 0 aliphatic carbocycles. The Morgan fingerprint density at radius 3 is 2.78 bits per heavy atom. The average Bonchev–Trinajstić information content (AvgIpc) is 3.13. The summed E-state index contributed by atoms with van der Waals surface area (Å²) in [7, 11) is 0. The first-order valence-corrected chi connectivity index (χ1v) is 7.82. The van der Waals surface area contributed by atoms with E-state index in [2.05, 4.69) is 25.5 Å². The van der Waals surface area contributed by atoms with Gasteiger partial charge >= 0.3 is 0 Å². The molecule has 23 heavy (non-hydrogen) atoms. The lowest BCUT2D eigenvalue weighted by atomic mass is 10.1. The second-order valence-electron chi connectivity index (χ2n) is 4.91. The third-order valence-electron chi connectivity index (χ3n) is 3.26. The molecule has 2 N–H and O–H groups in total. The summed E-state index contributed by atoms with van der Waals surface area (Å²) in [5, 5.41) is 10.9. The van der Waals surface area contributed by atoms with Crippen LogP contribution < -0.4 is 5.32 Å². The van der Waals surface area contributed by atoms with Gasteiger partial charge in [-0.3, -0.25) is 14.9 Å². The maximum absolute atomic E-state index is 12.0. The Kier molecular flexibility index (Phi) is 4.29. The number of H-pyrrole nitrogens is 1. The fraction of sp³-hybridized carbons (Fsp3) is 0.125. The normalized spacial score (nSPS) is 11.0. The van der Waals surface area contributed by atoms with Crippen molar-refractivity contribution in [2.24, 2.45) is 0 Å². The minimum atomic E-state index is -0.230. The molecule has 116 valence electrons. The Morgan fingerprint density at radius 2 is 2.09 bits per heavy atom. The molecule has 7 heteroatoms. The van der Waals surface area contributed by atoms with E-state index < -0.39 is 0 Å². The molecule has 3 heterocycles. The summed E-state index contributed by atoms with van der Waals surface area (Å²) in [6.07, 6.45) is 8.39. The standard InChI is InChI=1S/C16H15N5OS/c1-10-15(12-5-7-17-8-6-12)20-21-16(10)19-14(22)4-3-13-9-18-11(2)23-13/h3-9H,1-2H3,(H2,19,20,21,22). The lowest BCUT2D eigenvalue weighted by Crippen LogP contribution is -2.08. The summed E-state index contributed by atoms with van der Waals surface area (Å²) in [6, 6.07) is 3.77. The molecule has 3 aromatic rings. The largest absolute Gasteiger partial charge is 0.305 e. The zero-order valence-electron chi connectivity index (χ0n) is 12.7. The molecular formula is C16H15N5OS. The Labute approximate surface area is 137 Å². The highest BCUT2D eigenvalue weighted by atomic mass is 32.1. The summed E-state index contributed by atoms with van der Waals surface area (Å²) in [5.41, 5.74) is 2.72. The number of pyridine rings is 1. The van der Waals surface area contributed by atoms with Crippen LogP contribution in [0, 0.1) is 13.8 Å². The van der Waals surface area contributed by atoms with Crippen molar-refractivity contribution >= 4 is 29.1 Å². The predicted octanol–water partition coefficient (Wildman–Crippen LogP) is 3.20. The topological polar surface area (TPSA) is 83.6 Å². The molecule has 0 radical (unpaired) electrons. The minimum absolute atomic E-state index is 0.230. The van der Waals surface area contributed by atoms with Gasteiger partial charge in [0, 0.05) is 40.7 Å². The molecule has 0 spiro atoms. The molecule has 0 aromatic carbocycles. The molecule has 3 rings (SSSR count). The Balaban J connectivity index is 1.72. The number of nitrogens with zero attached hydrogens (tertiary/aromatic N) is 3. The van der Waals surface area contributed by atoms with Gasteiger partial charge in [0.15, 0.2) is 5.82 Å². The van der Waals surface area contributed by atoms with Crippen LogP contribution >= 0.6 is 11.3 Å². The van der Waals surface area contributed by atoms with Gasteiger partial charge in [0.05, 0.1) is 10.7 Å². The van der Waals surface area contributed by atoms with Gasteiger partial charge in [0.2, 0.25) is 5.91 Å². The number of carbonyl (C=O) groups is 1. The predicted molar refractivity (Wildman–Crippen MR) is 91.1 cm³/mol. The summed E-state index contributed by atoms with van der Waals surface area (Å²) in [5.74, 6) is 0.291. The monoisotopic (exact) mass is 325 g/mol. The van der Waals surface area contributed by atoms with Crippen molar-refractivity contribution in [2.45, 2.75) is 13.8 Å². The maximum Gasteiger partial charge on any atom is 0.249 e. The molecule has 3 aromatic heterocycles. The van der Waals surface area contributed by atoms with Crippen LogP contribution in [0.5, 0.6) is 0 Å². The molecule has 1 amide bonds. The van der Waals surface area contributed by atoms with Crippen molar-refractivity contribution < 1.29 is 4.79 Å². The van der Waals surface area contributed by atoms with Gasteiger partial charge in [-0.1, -0.05) is 0 Å². The zero-order valence-corrected chi connectivity index (χ0v) is 13.5. The highest BCUT2D eigenvalue weighted by molar-refractivity contribution is 7.12.